The van der Waals surface area contributed by atoms with E-state index in [9.17, 15) is 5.11 Å². The minimum absolute atomic E-state index is 0.188. The third-order valence-electron chi connectivity index (χ3n) is 2.67. The normalized spacial score (nSPS) is 22.1. The average Bonchev–Trinajstić information content (AvgIpc) is 2.47. The van der Waals surface area contributed by atoms with Gasteiger partial charge < -0.3 is 5.11 Å². The first kappa shape index (κ1) is 10.1. The summed E-state index contributed by atoms with van der Waals surface area (Å²) in [6.45, 7) is 4.00. The van der Waals surface area contributed by atoms with Gasteiger partial charge in [0.1, 0.15) is 0 Å². The minimum atomic E-state index is -0.188. The predicted octanol–water partition coefficient (Wildman–Crippen LogP) is 2.96. The second kappa shape index (κ2) is 3.95. The highest BCUT2D eigenvalue weighted by Gasteiger charge is 2.23. The van der Waals surface area contributed by atoms with E-state index < -0.39 is 0 Å². The summed E-state index contributed by atoms with van der Waals surface area (Å²) < 4.78 is 0. The minimum Gasteiger partial charge on any atom is -0.393 e. The van der Waals surface area contributed by atoms with Gasteiger partial charge in [0.2, 0.25) is 0 Å². The van der Waals surface area contributed by atoms with Crippen LogP contribution in [0.25, 0.3) is 0 Å². The van der Waals surface area contributed by atoms with Crippen molar-refractivity contribution in [2.75, 3.05) is 5.75 Å². The summed E-state index contributed by atoms with van der Waals surface area (Å²) in [5, 5.41) is 9.40. The van der Waals surface area contributed by atoms with Gasteiger partial charge in [0.05, 0.1) is 6.10 Å². The first-order valence-electron chi connectivity index (χ1n) is 5.08. The molecule has 1 aromatic carbocycles. The Labute approximate surface area is 89.5 Å². The van der Waals surface area contributed by atoms with E-state index in [1.165, 1.54) is 16.0 Å². The van der Waals surface area contributed by atoms with E-state index in [4.69, 9.17) is 0 Å². The molecule has 1 N–H and O–H groups in total. The van der Waals surface area contributed by atoms with Gasteiger partial charge in [-0.25, -0.2) is 0 Å². The third-order valence-corrected chi connectivity index (χ3v) is 3.92. The molecule has 1 aliphatic heterocycles. The van der Waals surface area contributed by atoms with Gasteiger partial charge in [-0.05, 0) is 37.8 Å². The summed E-state index contributed by atoms with van der Waals surface area (Å²) in [7, 11) is 0. The molecule has 2 atom stereocenters. The summed E-state index contributed by atoms with van der Waals surface area (Å²) in [4.78, 5) is 1.40. The molecule has 0 amide bonds. The van der Waals surface area contributed by atoms with Gasteiger partial charge in [0, 0.05) is 10.6 Å². The lowest BCUT2D eigenvalue weighted by molar-refractivity contribution is 0.177. The number of fused-ring (bicyclic) bond motifs is 1. The molecule has 0 fully saturated rings. The van der Waals surface area contributed by atoms with Crippen molar-refractivity contribution in [3.8, 4) is 0 Å². The molecule has 0 aliphatic carbocycles. The number of thioether (sulfide) groups is 1. The fraction of sp³-hybridized carbons (Fsp3) is 0.500. The Morgan fingerprint density at radius 2 is 2.36 bits per heavy atom. The summed E-state index contributed by atoms with van der Waals surface area (Å²) in [5.41, 5.74) is 2.76. The smallest absolute Gasteiger partial charge is 0.0518 e. The largest absolute Gasteiger partial charge is 0.393 e. The van der Waals surface area contributed by atoms with Crippen LogP contribution < -0.4 is 0 Å². The molecule has 2 rings (SSSR count). The lowest BCUT2D eigenvalue weighted by atomic mass is 9.94. The first-order valence-corrected chi connectivity index (χ1v) is 6.07. The molecule has 0 spiro atoms. The van der Waals surface area contributed by atoms with Crippen LogP contribution in [-0.4, -0.2) is 17.0 Å². The lowest BCUT2D eigenvalue weighted by Crippen LogP contribution is -2.08. The number of hydrogen-bond acceptors (Lipinski definition) is 2. The van der Waals surface area contributed by atoms with Crippen molar-refractivity contribution in [3.05, 3.63) is 29.3 Å². The maximum atomic E-state index is 9.40. The highest BCUT2D eigenvalue weighted by molar-refractivity contribution is 7.99. The number of rotatable bonds is 2. The molecule has 1 aromatic rings. The zero-order valence-corrected chi connectivity index (χ0v) is 9.47. The van der Waals surface area contributed by atoms with Gasteiger partial charge in [-0.2, -0.15) is 0 Å². The second-order valence-electron chi connectivity index (χ2n) is 4.13. The van der Waals surface area contributed by atoms with E-state index in [-0.39, 0.29) is 6.10 Å². The Balaban J connectivity index is 2.24. The van der Waals surface area contributed by atoms with Crippen molar-refractivity contribution < 1.29 is 5.11 Å². The van der Waals surface area contributed by atoms with Gasteiger partial charge in [0.15, 0.2) is 0 Å². The van der Waals surface area contributed by atoms with Crippen molar-refractivity contribution in [2.45, 2.75) is 37.2 Å². The van der Waals surface area contributed by atoms with E-state index in [1.54, 1.807) is 0 Å². The van der Waals surface area contributed by atoms with Crippen molar-refractivity contribution in [2.24, 2.45) is 0 Å². The van der Waals surface area contributed by atoms with Gasteiger partial charge in [0.25, 0.3) is 0 Å². The standard InChI is InChI=1S/C12H16OS/c1-8-3-4-12-11(5-8)10(7-14-12)6-9(2)13/h3-5,9-10,13H,6-7H2,1-2H3. The molecule has 1 aliphatic rings. The van der Waals surface area contributed by atoms with Gasteiger partial charge in [-0.3, -0.25) is 0 Å². The average molecular weight is 208 g/mol. The van der Waals surface area contributed by atoms with E-state index in [0.29, 0.717) is 5.92 Å². The van der Waals surface area contributed by atoms with Crippen molar-refractivity contribution in [3.63, 3.8) is 0 Å². The van der Waals surface area contributed by atoms with Crippen molar-refractivity contribution >= 4 is 11.8 Å². The molecule has 0 saturated carbocycles. The van der Waals surface area contributed by atoms with E-state index in [2.05, 4.69) is 25.1 Å². The van der Waals surface area contributed by atoms with Crippen molar-refractivity contribution in [1.29, 1.82) is 0 Å². The van der Waals surface area contributed by atoms with Crippen LogP contribution in [-0.2, 0) is 0 Å². The van der Waals surface area contributed by atoms with Crippen LogP contribution in [0.2, 0.25) is 0 Å². The number of aliphatic hydroxyl groups excluding tert-OH is 1. The van der Waals surface area contributed by atoms with Gasteiger partial charge in [-0.15, -0.1) is 11.8 Å². The molecular weight excluding hydrogens is 192 g/mol. The van der Waals surface area contributed by atoms with Gasteiger partial charge >= 0.3 is 0 Å². The Bertz CT molecular complexity index is 333. The maximum absolute atomic E-state index is 9.40. The Hall–Kier alpha value is -0.470. The van der Waals surface area contributed by atoms with Crippen LogP contribution >= 0.6 is 11.8 Å². The number of aryl methyl sites for hydroxylation is 1. The van der Waals surface area contributed by atoms with Crippen LogP contribution in [0.15, 0.2) is 23.1 Å². The van der Waals surface area contributed by atoms with Crippen LogP contribution in [0.3, 0.4) is 0 Å². The second-order valence-corrected chi connectivity index (χ2v) is 5.20. The molecule has 1 nitrogen and oxygen atoms in total. The molecule has 0 radical (unpaired) electrons. The molecule has 1 heterocycles. The molecule has 0 aromatic heterocycles. The zero-order chi connectivity index (χ0) is 10.1. The number of hydrogen-bond donors (Lipinski definition) is 1. The summed E-state index contributed by atoms with van der Waals surface area (Å²) in [5.74, 6) is 1.68. The summed E-state index contributed by atoms with van der Waals surface area (Å²) in [6.07, 6.45) is 0.704. The lowest BCUT2D eigenvalue weighted by Gasteiger charge is -2.12. The Kier molecular flexibility index (Phi) is 2.84. The van der Waals surface area contributed by atoms with Crippen LogP contribution in [0.1, 0.15) is 30.4 Å². The van der Waals surface area contributed by atoms with Crippen molar-refractivity contribution in [1.82, 2.24) is 0 Å². The first-order chi connectivity index (χ1) is 6.66. The summed E-state index contributed by atoms with van der Waals surface area (Å²) in [6, 6.07) is 6.64. The topological polar surface area (TPSA) is 20.2 Å². The molecule has 14 heavy (non-hydrogen) atoms. The van der Waals surface area contributed by atoms with E-state index in [0.717, 1.165) is 12.2 Å². The highest BCUT2D eigenvalue weighted by Crippen LogP contribution is 2.41. The molecule has 0 bridgehead atoms. The molecule has 0 saturated heterocycles. The van der Waals surface area contributed by atoms with E-state index >= 15 is 0 Å². The molecule has 2 unspecified atom stereocenters. The third kappa shape index (κ3) is 1.96. The molecular formula is C12H16OS. The SMILES string of the molecule is Cc1ccc2c(c1)C(CC(C)O)CS2. The Morgan fingerprint density at radius 1 is 1.57 bits per heavy atom. The monoisotopic (exact) mass is 208 g/mol. The molecule has 76 valence electrons. The van der Waals surface area contributed by atoms with Crippen LogP contribution in [0, 0.1) is 6.92 Å². The van der Waals surface area contributed by atoms with E-state index in [1.807, 2.05) is 18.7 Å². The summed E-state index contributed by atoms with van der Waals surface area (Å²) >= 11 is 1.92. The maximum Gasteiger partial charge on any atom is 0.0518 e. The van der Waals surface area contributed by atoms with Crippen LogP contribution in [0.5, 0.6) is 0 Å². The predicted molar refractivity (Wildman–Crippen MR) is 60.9 cm³/mol. The molecule has 2 heteroatoms. The van der Waals surface area contributed by atoms with Gasteiger partial charge in [-0.1, -0.05) is 17.7 Å². The quantitative estimate of drug-likeness (QED) is 0.806. The Morgan fingerprint density at radius 3 is 3.07 bits per heavy atom. The fourth-order valence-electron chi connectivity index (χ4n) is 2.01. The number of aliphatic hydroxyl groups is 1. The fourth-order valence-corrected chi connectivity index (χ4v) is 3.26. The zero-order valence-electron chi connectivity index (χ0n) is 8.66. The highest BCUT2D eigenvalue weighted by atomic mass is 32.2. The van der Waals surface area contributed by atoms with Crippen LogP contribution in [0.4, 0.5) is 0 Å². The number of benzene rings is 1.